The highest BCUT2D eigenvalue weighted by atomic mass is 35.5. The van der Waals surface area contributed by atoms with E-state index in [1.165, 1.54) is 12.2 Å². The molecule has 1 aromatic heterocycles. The fraction of sp³-hybridized carbons (Fsp3) is 0.0500. The highest BCUT2D eigenvalue weighted by molar-refractivity contribution is 6.31. The summed E-state index contributed by atoms with van der Waals surface area (Å²) in [6.45, 7) is 1.91. The average molecular weight is 374 g/mol. The molecule has 1 N–H and O–H groups in total. The van der Waals surface area contributed by atoms with Gasteiger partial charge >= 0.3 is 0 Å². The fourth-order valence-corrected chi connectivity index (χ4v) is 2.45. The standard InChI is InChI=1S/C20H14ClF2NO2/c1-12-2-3-13(10-16(12)21)19-8-5-15(26-19)6-9-20(25)24-18-7-4-14(22)11-17(18)23/h2-11H,1H3,(H,24,25)/b9-6+. The van der Waals surface area contributed by atoms with Crippen molar-refractivity contribution in [2.45, 2.75) is 6.92 Å². The van der Waals surface area contributed by atoms with Crippen molar-refractivity contribution in [2.24, 2.45) is 0 Å². The van der Waals surface area contributed by atoms with E-state index < -0.39 is 17.5 Å². The van der Waals surface area contributed by atoms with Crippen LogP contribution in [0.1, 0.15) is 11.3 Å². The number of halogens is 3. The van der Waals surface area contributed by atoms with Crippen LogP contribution in [0.5, 0.6) is 0 Å². The molecule has 0 radical (unpaired) electrons. The first-order valence-corrected chi connectivity index (χ1v) is 8.10. The van der Waals surface area contributed by atoms with Crippen LogP contribution in [0.2, 0.25) is 5.02 Å². The summed E-state index contributed by atoms with van der Waals surface area (Å²) in [6, 6.07) is 12.0. The third-order valence-electron chi connectivity index (χ3n) is 3.67. The summed E-state index contributed by atoms with van der Waals surface area (Å²) in [5.74, 6) is -1.06. The zero-order valence-electron chi connectivity index (χ0n) is 13.7. The predicted molar refractivity (Wildman–Crippen MR) is 97.9 cm³/mol. The van der Waals surface area contributed by atoms with Gasteiger partial charge in [-0.3, -0.25) is 4.79 Å². The Morgan fingerprint density at radius 1 is 1.12 bits per heavy atom. The quantitative estimate of drug-likeness (QED) is 0.584. The van der Waals surface area contributed by atoms with Crippen molar-refractivity contribution in [1.29, 1.82) is 0 Å². The van der Waals surface area contributed by atoms with E-state index in [0.29, 0.717) is 22.6 Å². The van der Waals surface area contributed by atoms with Crippen LogP contribution in [0.25, 0.3) is 17.4 Å². The molecule has 0 saturated carbocycles. The van der Waals surface area contributed by atoms with E-state index in [4.69, 9.17) is 16.0 Å². The first kappa shape index (κ1) is 17.9. The third-order valence-corrected chi connectivity index (χ3v) is 4.08. The summed E-state index contributed by atoms with van der Waals surface area (Å²) in [7, 11) is 0. The molecule has 3 aromatic rings. The Bertz CT molecular complexity index is 995. The predicted octanol–water partition coefficient (Wildman–Crippen LogP) is 5.84. The van der Waals surface area contributed by atoms with Gasteiger partial charge in [0.15, 0.2) is 0 Å². The van der Waals surface area contributed by atoms with Crippen LogP contribution in [0.4, 0.5) is 14.5 Å². The van der Waals surface area contributed by atoms with Gasteiger partial charge in [-0.05, 0) is 48.9 Å². The second-order valence-electron chi connectivity index (χ2n) is 5.61. The lowest BCUT2D eigenvalue weighted by molar-refractivity contribution is -0.111. The largest absolute Gasteiger partial charge is 0.457 e. The van der Waals surface area contributed by atoms with E-state index in [1.54, 1.807) is 18.2 Å². The monoisotopic (exact) mass is 373 g/mol. The van der Waals surface area contributed by atoms with Crippen LogP contribution < -0.4 is 5.32 Å². The lowest BCUT2D eigenvalue weighted by Gasteiger charge is -2.03. The van der Waals surface area contributed by atoms with E-state index in [-0.39, 0.29) is 5.69 Å². The first-order chi connectivity index (χ1) is 12.4. The van der Waals surface area contributed by atoms with Crippen LogP contribution in [-0.4, -0.2) is 5.91 Å². The summed E-state index contributed by atoms with van der Waals surface area (Å²) < 4.78 is 32.0. The first-order valence-electron chi connectivity index (χ1n) is 7.73. The Balaban J connectivity index is 1.69. The molecule has 3 rings (SSSR count). The van der Waals surface area contributed by atoms with Crippen LogP contribution >= 0.6 is 11.6 Å². The second-order valence-corrected chi connectivity index (χ2v) is 6.02. The SMILES string of the molecule is Cc1ccc(-c2ccc(/C=C/C(=O)Nc3ccc(F)cc3F)o2)cc1Cl. The molecule has 3 nitrogen and oxygen atoms in total. The van der Waals surface area contributed by atoms with Gasteiger partial charge in [0.1, 0.15) is 23.2 Å². The summed E-state index contributed by atoms with van der Waals surface area (Å²) in [5.41, 5.74) is 1.68. The van der Waals surface area contributed by atoms with Gasteiger partial charge in [0, 0.05) is 22.7 Å². The van der Waals surface area contributed by atoms with Gasteiger partial charge in [-0.15, -0.1) is 0 Å². The third kappa shape index (κ3) is 4.18. The molecule has 0 bridgehead atoms. The molecule has 2 aromatic carbocycles. The van der Waals surface area contributed by atoms with Gasteiger partial charge < -0.3 is 9.73 Å². The van der Waals surface area contributed by atoms with Gasteiger partial charge in [0.2, 0.25) is 5.91 Å². The Kier molecular flexibility index (Phi) is 5.19. The Morgan fingerprint density at radius 2 is 1.92 bits per heavy atom. The van der Waals surface area contributed by atoms with E-state index in [2.05, 4.69) is 5.32 Å². The lowest BCUT2D eigenvalue weighted by Crippen LogP contribution is -2.09. The molecule has 0 aliphatic carbocycles. The maximum Gasteiger partial charge on any atom is 0.248 e. The number of amides is 1. The van der Waals surface area contributed by atoms with Gasteiger partial charge in [-0.25, -0.2) is 8.78 Å². The number of furan rings is 1. The van der Waals surface area contributed by atoms with Crippen molar-refractivity contribution in [3.63, 3.8) is 0 Å². The zero-order valence-corrected chi connectivity index (χ0v) is 14.5. The Labute approximate surface area is 153 Å². The number of carbonyl (C=O) groups excluding carboxylic acids is 1. The van der Waals surface area contributed by atoms with Crippen molar-refractivity contribution >= 4 is 29.3 Å². The van der Waals surface area contributed by atoms with Crippen molar-refractivity contribution in [2.75, 3.05) is 5.32 Å². The number of anilines is 1. The number of nitrogens with one attached hydrogen (secondary N) is 1. The number of rotatable bonds is 4. The normalized spacial score (nSPS) is 11.1. The van der Waals surface area contributed by atoms with E-state index in [9.17, 15) is 13.6 Å². The van der Waals surface area contributed by atoms with Crippen molar-refractivity contribution in [3.8, 4) is 11.3 Å². The minimum Gasteiger partial charge on any atom is -0.457 e. The number of carbonyl (C=O) groups is 1. The maximum absolute atomic E-state index is 13.5. The van der Waals surface area contributed by atoms with Crippen molar-refractivity contribution in [3.05, 3.63) is 82.6 Å². The van der Waals surface area contributed by atoms with Gasteiger partial charge in [0.25, 0.3) is 0 Å². The molecule has 26 heavy (non-hydrogen) atoms. The van der Waals surface area contributed by atoms with Gasteiger partial charge in [-0.2, -0.15) is 0 Å². The number of hydrogen-bond donors (Lipinski definition) is 1. The van der Waals surface area contributed by atoms with E-state index >= 15 is 0 Å². The molecule has 0 spiro atoms. The maximum atomic E-state index is 13.5. The Hall–Kier alpha value is -2.92. The number of benzene rings is 2. The summed E-state index contributed by atoms with van der Waals surface area (Å²) in [6.07, 6.45) is 2.66. The number of hydrogen-bond acceptors (Lipinski definition) is 2. The van der Waals surface area contributed by atoms with Crippen molar-refractivity contribution < 1.29 is 18.0 Å². The molecule has 1 heterocycles. The molecule has 6 heteroatoms. The van der Waals surface area contributed by atoms with E-state index in [1.807, 2.05) is 19.1 Å². The van der Waals surface area contributed by atoms with E-state index in [0.717, 1.165) is 23.3 Å². The van der Waals surface area contributed by atoms with Gasteiger partial charge in [-0.1, -0.05) is 23.7 Å². The second kappa shape index (κ2) is 7.54. The van der Waals surface area contributed by atoms with Crippen LogP contribution in [0.15, 0.2) is 59.0 Å². The lowest BCUT2D eigenvalue weighted by atomic mass is 10.1. The van der Waals surface area contributed by atoms with Crippen LogP contribution in [0.3, 0.4) is 0 Å². The Morgan fingerprint density at radius 3 is 2.65 bits per heavy atom. The van der Waals surface area contributed by atoms with Crippen LogP contribution in [0, 0.1) is 18.6 Å². The average Bonchev–Trinajstić information content (AvgIpc) is 3.07. The molecule has 0 fully saturated rings. The molecule has 0 aliphatic rings. The molecular formula is C20H14ClF2NO2. The summed E-state index contributed by atoms with van der Waals surface area (Å²) in [4.78, 5) is 11.9. The highest BCUT2D eigenvalue weighted by Gasteiger charge is 2.07. The highest BCUT2D eigenvalue weighted by Crippen LogP contribution is 2.27. The molecule has 132 valence electrons. The summed E-state index contributed by atoms with van der Waals surface area (Å²) >= 11 is 6.11. The molecule has 0 aliphatic heterocycles. The summed E-state index contributed by atoms with van der Waals surface area (Å²) in [5, 5.41) is 2.97. The zero-order chi connectivity index (χ0) is 18.7. The molecule has 0 unspecified atom stereocenters. The topological polar surface area (TPSA) is 42.2 Å². The molecular weight excluding hydrogens is 360 g/mol. The smallest absolute Gasteiger partial charge is 0.248 e. The van der Waals surface area contributed by atoms with Crippen LogP contribution in [-0.2, 0) is 4.79 Å². The molecule has 1 amide bonds. The van der Waals surface area contributed by atoms with Gasteiger partial charge in [0.05, 0.1) is 5.69 Å². The molecule has 0 atom stereocenters. The molecule has 0 saturated heterocycles. The minimum atomic E-state index is -0.844. The number of aryl methyl sites for hydroxylation is 1. The fourth-order valence-electron chi connectivity index (χ4n) is 2.27. The van der Waals surface area contributed by atoms with Crippen molar-refractivity contribution in [1.82, 2.24) is 0 Å². The minimum absolute atomic E-state index is 0.101.